The molecule has 1 aromatic rings. The smallest absolute Gasteiger partial charge is 0.162 e. The molecular formula is C17H28F2N2. The van der Waals surface area contributed by atoms with Gasteiger partial charge in [-0.15, -0.1) is 0 Å². The molecule has 4 heteroatoms. The van der Waals surface area contributed by atoms with E-state index < -0.39 is 11.6 Å². The van der Waals surface area contributed by atoms with Crippen molar-refractivity contribution < 1.29 is 8.78 Å². The van der Waals surface area contributed by atoms with Gasteiger partial charge in [-0.2, -0.15) is 0 Å². The molecule has 21 heavy (non-hydrogen) atoms. The van der Waals surface area contributed by atoms with Crippen molar-refractivity contribution in [2.24, 2.45) is 0 Å². The molecule has 2 nitrogen and oxygen atoms in total. The quantitative estimate of drug-likeness (QED) is 0.789. The summed E-state index contributed by atoms with van der Waals surface area (Å²) >= 11 is 0. The molecule has 0 saturated heterocycles. The zero-order valence-corrected chi connectivity index (χ0v) is 13.8. The lowest BCUT2D eigenvalue weighted by Crippen LogP contribution is -2.58. The summed E-state index contributed by atoms with van der Waals surface area (Å²) in [6.45, 7) is 13.2. The maximum atomic E-state index is 13.9. The lowest BCUT2D eigenvalue weighted by atomic mass is 9.87. The van der Waals surface area contributed by atoms with Gasteiger partial charge in [-0.05, 0) is 51.5 Å². The maximum absolute atomic E-state index is 13.9. The minimum atomic E-state index is -0.775. The fraction of sp³-hybridized carbons (Fsp3) is 0.647. The average Bonchev–Trinajstić information content (AvgIpc) is 2.44. The van der Waals surface area contributed by atoms with Crippen LogP contribution in [0.2, 0.25) is 0 Å². The van der Waals surface area contributed by atoms with Crippen LogP contribution in [0.5, 0.6) is 0 Å². The van der Waals surface area contributed by atoms with Crippen LogP contribution in [0, 0.1) is 11.6 Å². The molecule has 0 spiro atoms. The molecule has 1 N–H and O–H groups in total. The van der Waals surface area contributed by atoms with E-state index in [1.807, 2.05) is 6.92 Å². The zero-order valence-electron chi connectivity index (χ0n) is 13.8. The van der Waals surface area contributed by atoms with Crippen molar-refractivity contribution in [1.29, 1.82) is 0 Å². The van der Waals surface area contributed by atoms with E-state index in [1.54, 1.807) is 12.1 Å². The van der Waals surface area contributed by atoms with Crippen LogP contribution in [0.3, 0.4) is 0 Å². The van der Waals surface area contributed by atoms with E-state index in [4.69, 9.17) is 0 Å². The molecule has 0 aliphatic rings. The predicted octanol–water partition coefficient (Wildman–Crippen LogP) is 3.61. The van der Waals surface area contributed by atoms with Gasteiger partial charge in [0, 0.05) is 11.6 Å². The SMILES string of the molecule is CCNC(Cc1cccc(F)c1F)C(C)(C)N(CC)CC. The normalized spacial score (nSPS) is 13.7. The summed E-state index contributed by atoms with van der Waals surface area (Å²) in [4.78, 5) is 2.34. The first kappa shape index (κ1) is 18.1. The highest BCUT2D eigenvalue weighted by Crippen LogP contribution is 2.23. The minimum Gasteiger partial charge on any atom is -0.312 e. The molecule has 0 heterocycles. The third kappa shape index (κ3) is 4.24. The number of nitrogens with one attached hydrogen (secondary N) is 1. The Balaban J connectivity index is 3.04. The molecule has 0 aliphatic carbocycles. The zero-order chi connectivity index (χ0) is 16.0. The Morgan fingerprint density at radius 3 is 2.29 bits per heavy atom. The summed E-state index contributed by atoms with van der Waals surface area (Å²) in [7, 11) is 0. The van der Waals surface area contributed by atoms with Crippen molar-refractivity contribution in [3.8, 4) is 0 Å². The number of hydrogen-bond donors (Lipinski definition) is 1. The molecule has 0 radical (unpaired) electrons. The second-order valence-electron chi connectivity index (χ2n) is 5.85. The monoisotopic (exact) mass is 298 g/mol. The Kier molecular flexibility index (Phi) is 6.75. The molecule has 0 aromatic heterocycles. The van der Waals surface area contributed by atoms with E-state index >= 15 is 0 Å². The van der Waals surface area contributed by atoms with Crippen LogP contribution in [0.1, 0.15) is 40.2 Å². The number of rotatable bonds is 8. The van der Waals surface area contributed by atoms with Gasteiger partial charge in [0.05, 0.1) is 0 Å². The molecular weight excluding hydrogens is 270 g/mol. The first-order chi connectivity index (χ1) is 9.88. The van der Waals surface area contributed by atoms with Crippen molar-refractivity contribution in [3.05, 3.63) is 35.4 Å². The first-order valence-corrected chi connectivity index (χ1v) is 7.79. The van der Waals surface area contributed by atoms with Gasteiger partial charge in [-0.1, -0.05) is 32.9 Å². The number of likely N-dealkylation sites (N-methyl/N-ethyl adjacent to an activating group) is 2. The Morgan fingerprint density at radius 1 is 1.14 bits per heavy atom. The molecule has 0 amide bonds. The Labute approximate surface area is 127 Å². The molecule has 1 atom stereocenters. The van der Waals surface area contributed by atoms with Gasteiger partial charge in [-0.3, -0.25) is 4.90 Å². The lowest BCUT2D eigenvalue weighted by molar-refractivity contribution is 0.0914. The van der Waals surface area contributed by atoms with Gasteiger partial charge in [-0.25, -0.2) is 8.78 Å². The van der Waals surface area contributed by atoms with Crippen molar-refractivity contribution in [1.82, 2.24) is 10.2 Å². The number of benzene rings is 1. The summed E-state index contributed by atoms with van der Waals surface area (Å²) < 4.78 is 27.3. The molecule has 0 fully saturated rings. The van der Waals surface area contributed by atoms with Gasteiger partial charge >= 0.3 is 0 Å². The largest absolute Gasteiger partial charge is 0.312 e. The van der Waals surface area contributed by atoms with E-state index in [0.717, 1.165) is 25.7 Å². The Bertz CT molecular complexity index is 442. The number of nitrogens with zero attached hydrogens (tertiary/aromatic N) is 1. The van der Waals surface area contributed by atoms with Crippen molar-refractivity contribution in [2.45, 2.75) is 52.6 Å². The van der Waals surface area contributed by atoms with Gasteiger partial charge in [0.25, 0.3) is 0 Å². The standard InChI is InChI=1S/C17H28F2N2/c1-6-20-15(17(4,5)21(7-2)8-3)12-13-10-9-11-14(18)16(13)19/h9-11,15,20H,6-8,12H2,1-5H3. The van der Waals surface area contributed by atoms with Gasteiger partial charge < -0.3 is 5.32 Å². The molecule has 1 aromatic carbocycles. The van der Waals surface area contributed by atoms with Gasteiger partial charge in [0.15, 0.2) is 11.6 Å². The summed E-state index contributed by atoms with van der Waals surface area (Å²) in [5.74, 6) is -1.50. The van der Waals surface area contributed by atoms with E-state index in [2.05, 4.69) is 37.9 Å². The summed E-state index contributed by atoms with van der Waals surface area (Å²) in [5, 5.41) is 3.44. The van der Waals surface area contributed by atoms with E-state index in [9.17, 15) is 8.78 Å². The average molecular weight is 298 g/mol. The van der Waals surface area contributed by atoms with Crippen molar-refractivity contribution in [3.63, 3.8) is 0 Å². The summed E-state index contributed by atoms with van der Waals surface area (Å²) in [6.07, 6.45) is 0.473. The van der Waals surface area contributed by atoms with Crippen LogP contribution in [-0.2, 0) is 6.42 Å². The predicted molar refractivity (Wildman–Crippen MR) is 84.5 cm³/mol. The van der Waals surface area contributed by atoms with E-state index in [-0.39, 0.29) is 11.6 Å². The third-order valence-electron chi connectivity index (χ3n) is 4.34. The van der Waals surface area contributed by atoms with Crippen molar-refractivity contribution >= 4 is 0 Å². The highest BCUT2D eigenvalue weighted by Gasteiger charge is 2.34. The highest BCUT2D eigenvalue weighted by molar-refractivity contribution is 5.21. The Hall–Kier alpha value is -1.00. The summed E-state index contributed by atoms with van der Waals surface area (Å²) in [5.41, 5.74) is 0.291. The van der Waals surface area contributed by atoms with E-state index in [0.29, 0.717) is 12.0 Å². The number of halogens is 2. The molecule has 1 rings (SSSR count). The molecule has 0 bridgehead atoms. The topological polar surface area (TPSA) is 15.3 Å². The van der Waals surface area contributed by atoms with Gasteiger partial charge in [0.2, 0.25) is 0 Å². The van der Waals surface area contributed by atoms with Crippen LogP contribution in [0.15, 0.2) is 18.2 Å². The summed E-state index contributed by atoms with van der Waals surface area (Å²) in [6, 6.07) is 4.46. The van der Waals surface area contributed by atoms with E-state index in [1.165, 1.54) is 0 Å². The minimum absolute atomic E-state index is 0.0544. The lowest BCUT2D eigenvalue weighted by Gasteiger charge is -2.44. The third-order valence-corrected chi connectivity index (χ3v) is 4.34. The first-order valence-electron chi connectivity index (χ1n) is 7.79. The molecule has 0 aliphatic heterocycles. The fourth-order valence-corrected chi connectivity index (χ4v) is 3.00. The van der Waals surface area contributed by atoms with Crippen LogP contribution in [0.4, 0.5) is 8.78 Å². The van der Waals surface area contributed by atoms with Crippen LogP contribution in [0.25, 0.3) is 0 Å². The molecule has 0 saturated carbocycles. The van der Waals surface area contributed by atoms with Crippen molar-refractivity contribution in [2.75, 3.05) is 19.6 Å². The van der Waals surface area contributed by atoms with Crippen LogP contribution >= 0.6 is 0 Å². The van der Waals surface area contributed by atoms with Crippen LogP contribution in [-0.4, -0.2) is 36.1 Å². The highest BCUT2D eigenvalue weighted by atomic mass is 19.2. The molecule has 120 valence electrons. The second kappa shape index (κ2) is 7.85. The number of hydrogen-bond acceptors (Lipinski definition) is 2. The maximum Gasteiger partial charge on any atom is 0.162 e. The second-order valence-corrected chi connectivity index (χ2v) is 5.85. The van der Waals surface area contributed by atoms with Crippen LogP contribution < -0.4 is 5.32 Å². The fourth-order valence-electron chi connectivity index (χ4n) is 3.00. The molecule has 1 unspecified atom stereocenters. The van der Waals surface area contributed by atoms with Gasteiger partial charge in [0.1, 0.15) is 0 Å². The Morgan fingerprint density at radius 2 is 1.76 bits per heavy atom.